The van der Waals surface area contributed by atoms with Gasteiger partial charge in [0.1, 0.15) is 5.75 Å². The lowest BCUT2D eigenvalue weighted by Gasteiger charge is -2.14. The van der Waals surface area contributed by atoms with Crippen LogP contribution in [0.1, 0.15) is 12.5 Å². The van der Waals surface area contributed by atoms with Crippen molar-refractivity contribution >= 4 is 11.6 Å². The maximum Gasteiger partial charge on any atom is 0.230 e. The molecule has 20 heavy (non-hydrogen) atoms. The van der Waals surface area contributed by atoms with Crippen LogP contribution in [0.25, 0.3) is 0 Å². The zero-order valence-electron chi connectivity index (χ0n) is 11.8. The third kappa shape index (κ3) is 3.85. The van der Waals surface area contributed by atoms with E-state index in [1.165, 1.54) is 0 Å². The molecule has 1 N–H and O–H groups in total. The number of ether oxygens (including phenoxy) is 1. The Morgan fingerprint density at radius 2 is 1.75 bits per heavy atom. The van der Waals surface area contributed by atoms with Crippen molar-refractivity contribution in [3.05, 3.63) is 60.2 Å². The van der Waals surface area contributed by atoms with Gasteiger partial charge in [0.25, 0.3) is 0 Å². The van der Waals surface area contributed by atoms with E-state index < -0.39 is 0 Å². The van der Waals surface area contributed by atoms with Gasteiger partial charge in [0.15, 0.2) is 0 Å². The average Bonchev–Trinajstić information content (AvgIpc) is 2.47. The lowest BCUT2D eigenvalue weighted by molar-refractivity contribution is -0.120. The molecule has 0 radical (unpaired) electrons. The van der Waals surface area contributed by atoms with Crippen molar-refractivity contribution in [1.82, 2.24) is 0 Å². The molecule has 0 bridgehead atoms. The summed E-state index contributed by atoms with van der Waals surface area (Å²) >= 11 is 0. The van der Waals surface area contributed by atoms with Gasteiger partial charge in [0, 0.05) is 5.69 Å². The minimum atomic E-state index is -0.213. The first kappa shape index (κ1) is 14.1. The highest BCUT2D eigenvalue weighted by Gasteiger charge is 2.14. The summed E-state index contributed by atoms with van der Waals surface area (Å²) in [6, 6.07) is 17.2. The molecule has 1 unspecified atom stereocenters. The van der Waals surface area contributed by atoms with Crippen molar-refractivity contribution in [1.29, 1.82) is 0 Å². The quantitative estimate of drug-likeness (QED) is 0.899. The van der Waals surface area contributed by atoms with E-state index in [1.807, 2.05) is 68.4 Å². The number of nitrogens with one attached hydrogen (secondary N) is 1. The molecule has 0 heterocycles. The standard InChI is InChI=1S/C17H19NO2/c1-13-8-6-7-11-16(13)20-12-14(2)17(19)18-15-9-4-3-5-10-15/h3-11,14H,12H2,1-2H3,(H,18,19). The SMILES string of the molecule is Cc1ccccc1OCC(C)C(=O)Nc1ccccc1. The predicted octanol–water partition coefficient (Wildman–Crippen LogP) is 3.65. The van der Waals surface area contributed by atoms with Crippen LogP contribution in [0.4, 0.5) is 5.69 Å². The Kier molecular flexibility index (Phi) is 4.77. The minimum absolute atomic E-state index is 0.0372. The fraction of sp³-hybridized carbons (Fsp3) is 0.235. The Morgan fingerprint density at radius 1 is 1.10 bits per heavy atom. The second kappa shape index (κ2) is 6.75. The molecule has 0 saturated carbocycles. The van der Waals surface area contributed by atoms with Crippen molar-refractivity contribution in [2.24, 2.45) is 5.92 Å². The highest BCUT2D eigenvalue weighted by Crippen LogP contribution is 2.17. The summed E-state index contributed by atoms with van der Waals surface area (Å²) < 4.78 is 5.70. The molecule has 104 valence electrons. The van der Waals surface area contributed by atoms with Crippen molar-refractivity contribution in [2.75, 3.05) is 11.9 Å². The summed E-state index contributed by atoms with van der Waals surface area (Å²) in [4.78, 5) is 12.0. The normalized spacial score (nSPS) is 11.7. The molecule has 1 atom stereocenters. The summed E-state index contributed by atoms with van der Waals surface area (Å²) in [5, 5.41) is 2.87. The summed E-state index contributed by atoms with van der Waals surface area (Å²) in [5.74, 6) is 0.575. The third-order valence-corrected chi connectivity index (χ3v) is 3.07. The summed E-state index contributed by atoms with van der Waals surface area (Å²) in [6.45, 7) is 4.21. The largest absolute Gasteiger partial charge is 0.493 e. The van der Waals surface area contributed by atoms with Gasteiger partial charge in [-0.25, -0.2) is 0 Å². The van der Waals surface area contributed by atoms with Crippen LogP contribution < -0.4 is 10.1 Å². The Hall–Kier alpha value is -2.29. The highest BCUT2D eigenvalue weighted by atomic mass is 16.5. The molecule has 2 rings (SSSR count). The number of benzene rings is 2. The number of aryl methyl sites for hydroxylation is 1. The summed E-state index contributed by atoms with van der Waals surface area (Å²) in [6.07, 6.45) is 0. The van der Waals surface area contributed by atoms with Crippen LogP contribution in [0.2, 0.25) is 0 Å². The monoisotopic (exact) mass is 269 g/mol. The lowest BCUT2D eigenvalue weighted by Crippen LogP contribution is -2.25. The van der Waals surface area contributed by atoms with Crippen molar-refractivity contribution in [3.63, 3.8) is 0 Å². The van der Waals surface area contributed by atoms with Crippen LogP contribution in [-0.2, 0) is 4.79 Å². The van der Waals surface area contributed by atoms with Crippen molar-refractivity contribution < 1.29 is 9.53 Å². The molecule has 2 aromatic rings. The predicted molar refractivity (Wildman–Crippen MR) is 80.9 cm³/mol. The van der Waals surface area contributed by atoms with Crippen LogP contribution in [0.3, 0.4) is 0 Å². The first-order chi connectivity index (χ1) is 9.66. The number of carbonyl (C=O) groups excluding carboxylic acids is 1. The Labute approximate surface area is 119 Å². The Bertz CT molecular complexity index is 566. The lowest BCUT2D eigenvalue weighted by atomic mass is 10.1. The zero-order chi connectivity index (χ0) is 14.4. The number of hydrogen-bond donors (Lipinski definition) is 1. The van der Waals surface area contributed by atoms with Gasteiger partial charge < -0.3 is 10.1 Å². The molecule has 0 aromatic heterocycles. The van der Waals surface area contributed by atoms with Gasteiger partial charge in [-0.1, -0.05) is 43.3 Å². The van der Waals surface area contributed by atoms with Gasteiger partial charge in [0.2, 0.25) is 5.91 Å². The number of para-hydroxylation sites is 2. The van der Waals surface area contributed by atoms with Crippen molar-refractivity contribution in [3.8, 4) is 5.75 Å². The van der Waals surface area contributed by atoms with Crippen molar-refractivity contribution in [2.45, 2.75) is 13.8 Å². The van der Waals surface area contributed by atoms with E-state index in [9.17, 15) is 4.79 Å². The molecule has 2 aromatic carbocycles. The van der Waals surface area contributed by atoms with E-state index in [-0.39, 0.29) is 11.8 Å². The van der Waals surface area contributed by atoms with Crippen LogP contribution in [-0.4, -0.2) is 12.5 Å². The Balaban J connectivity index is 1.87. The van der Waals surface area contributed by atoms with E-state index in [2.05, 4.69) is 5.32 Å². The number of rotatable bonds is 5. The van der Waals surface area contributed by atoms with Crippen LogP contribution in [0.5, 0.6) is 5.75 Å². The van der Waals surface area contributed by atoms with Gasteiger partial charge in [-0.05, 0) is 30.7 Å². The van der Waals surface area contributed by atoms with Gasteiger partial charge >= 0.3 is 0 Å². The molecule has 0 aliphatic carbocycles. The zero-order valence-corrected chi connectivity index (χ0v) is 11.8. The van der Waals surface area contributed by atoms with Gasteiger partial charge in [0.05, 0.1) is 12.5 Å². The smallest absolute Gasteiger partial charge is 0.230 e. The summed E-state index contributed by atoms with van der Waals surface area (Å²) in [7, 11) is 0. The van der Waals surface area contributed by atoms with Crippen LogP contribution in [0.15, 0.2) is 54.6 Å². The van der Waals surface area contributed by atoms with Crippen LogP contribution in [0, 0.1) is 12.8 Å². The van der Waals surface area contributed by atoms with E-state index in [4.69, 9.17) is 4.74 Å². The first-order valence-electron chi connectivity index (χ1n) is 6.71. The highest BCUT2D eigenvalue weighted by molar-refractivity contribution is 5.92. The van der Waals surface area contributed by atoms with Crippen LogP contribution >= 0.6 is 0 Å². The number of hydrogen-bond acceptors (Lipinski definition) is 2. The molecule has 0 saturated heterocycles. The van der Waals surface area contributed by atoms with E-state index in [1.54, 1.807) is 0 Å². The number of carbonyl (C=O) groups is 1. The topological polar surface area (TPSA) is 38.3 Å². The average molecular weight is 269 g/mol. The molecule has 3 nitrogen and oxygen atoms in total. The van der Waals surface area contributed by atoms with Gasteiger partial charge in [-0.2, -0.15) is 0 Å². The molecule has 0 aliphatic heterocycles. The molecule has 0 spiro atoms. The fourth-order valence-electron chi connectivity index (χ4n) is 1.80. The molecular weight excluding hydrogens is 250 g/mol. The fourth-order valence-corrected chi connectivity index (χ4v) is 1.80. The molecular formula is C17H19NO2. The molecule has 1 amide bonds. The third-order valence-electron chi connectivity index (χ3n) is 3.07. The summed E-state index contributed by atoms with van der Waals surface area (Å²) in [5.41, 5.74) is 1.88. The minimum Gasteiger partial charge on any atom is -0.493 e. The molecule has 0 aliphatic rings. The molecule has 0 fully saturated rings. The van der Waals surface area contributed by atoms with E-state index in [0.29, 0.717) is 6.61 Å². The Morgan fingerprint density at radius 3 is 2.45 bits per heavy atom. The van der Waals surface area contributed by atoms with E-state index >= 15 is 0 Å². The maximum atomic E-state index is 12.0. The second-order valence-electron chi connectivity index (χ2n) is 4.83. The first-order valence-corrected chi connectivity index (χ1v) is 6.71. The number of amides is 1. The number of anilines is 1. The maximum absolute atomic E-state index is 12.0. The van der Waals surface area contributed by atoms with Gasteiger partial charge in [-0.3, -0.25) is 4.79 Å². The molecule has 3 heteroatoms. The van der Waals surface area contributed by atoms with Gasteiger partial charge in [-0.15, -0.1) is 0 Å². The second-order valence-corrected chi connectivity index (χ2v) is 4.83. The van der Waals surface area contributed by atoms with E-state index in [0.717, 1.165) is 17.0 Å².